The van der Waals surface area contributed by atoms with Crippen LogP contribution in [-0.4, -0.2) is 56.7 Å². The normalized spacial score (nSPS) is 15.6. The smallest absolute Gasteiger partial charge is 0.263 e. The number of hydrogen-bond acceptors (Lipinski definition) is 7. The standard InChI is InChI=1S/C16H19N3O6S/c1-12-10-15(18-25-12)17-16(20)11-24-13-2-4-14(5-3-13)26(21,22)19-6-8-23-9-7-19/h2-5,10H,6-9,11H2,1H3,(H,17,18,20). The molecule has 1 N–H and O–H groups in total. The molecule has 1 amide bonds. The van der Waals surface area contributed by atoms with Gasteiger partial charge in [-0.15, -0.1) is 0 Å². The molecule has 0 atom stereocenters. The third-order valence-corrected chi connectivity index (χ3v) is 5.61. The summed E-state index contributed by atoms with van der Waals surface area (Å²) in [4.78, 5) is 12.0. The van der Waals surface area contributed by atoms with Crippen molar-refractivity contribution in [1.82, 2.24) is 9.46 Å². The van der Waals surface area contributed by atoms with Crippen LogP contribution in [0, 0.1) is 6.92 Å². The minimum absolute atomic E-state index is 0.175. The highest BCUT2D eigenvalue weighted by molar-refractivity contribution is 7.89. The first kappa shape index (κ1) is 18.4. The van der Waals surface area contributed by atoms with E-state index in [-0.39, 0.29) is 11.5 Å². The summed E-state index contributed by atoms with van der Waals surface area (Å²) in [5, 5.41) is 6.18. The summed E-state index contributed by atoms with van der Waals surface area (Å²) < 4.78 is 41.8. The van der Waals surface area contributed by atoms with Gasteiger partial charge in [-0.3, -0.25) is 4.79 Å². The Kier molecular flexibility index (Phi) is 5.55. The van der Waals surface area contributed by atoms with Crippen molar-refractivity contribution in [3.05, 3.63) is 36.1 Å². The van der Waals surface area contributed by atoms with Crippen LogP contribution in [0.4, 0.5) is 5.82 Å². The highest BCUT2D eigenvalue weighted by Gasteiger charge is 2.26. The Morgan fingerprint density at radius 1 is 1.27 bits per heavy atom. The van der Waals surface area contributed by atoms with Crippen molar-refractivity contribution in [1.29, 1.82) is 0 Å². The first-order valence-corrected chi connectivity index (χ1v) is 9.43. The summed E-state index contributed by atoms with van der Waals surface area (Å²) in [6, 6.07) is 7.53. The number of sulfonamides is 1. The van der Waals surface area contributed by atoms with Crippen molar-refractivity contribution < 1.29 is 27.2 Å². The van der Waals surface area contributed by atoms with Gasteiger partial charge in [0.05, 0.1) is 18.1 Å². The molecule has 0 radical (unpaired) electrons. The van der Waals surface area contributed by atoms with Crippen LogP contribution in [0.25, 0.3) is 0 Å². The molecule has 0 bridgehead atoms. The number of amides is 1. The van der Waals surface area contributed by atoms with Crippen molar-refractivity contribution >= 4 is 21.7 Å². The number of morpholine rings is 1. The van der Waals surface area contributed by atoms with Crippen molar-refractivity contribution in [3.8, 4) is 5.75 Å². The molecule has 10 heteroatoms. The van der Waals surface area contributed by atoms with Gasteiger partial charge in [0.25, 0.3) is 5.91 Å². The molecule has 1 aliphatic rings. The molecule has 2 aromatic rings. The zero-order valence-corrected chi connectivity index (χ0v) is 15.0. The number of benzene rings is 1. The van der Waals surface area contributed by atoms with Gasteiger partial charge in [-0.2, -0.15) is 4.31 Å². The molecule has 1 aliphatic heterocycles. The van der Waals surface area contributed by atoms with E-state index >= 15 is 0 Å². The van der Waals surface area contributed by atoms with Crippen LogP contribution in [0.1, 0.15) is 5.76 Å². The van der Waals surface area contributed by atoms with E-state index in [2.05, 4.69) is 10.5 Å². The van der Waals surface area contributed by atoms with Crippen LogP contribution in [0.5, 0.6) is 5.75 Å². The number of nitrogens with one attached hydrogen (secondary N) is 1. The van der Waals surface area contributed by atoms with Gasteiger partial charge < -0.3 is 19.3 Å². The molecule has 1 fully saturated rings. The summed E-state index contributed by atoms with van der Waals surface area (Å²) in [7, 11) is -3.55. The van der Waals surface area contributed by atoms with Gasteiger partial charge in [0, 0.05) is 19.2 Å². The van der Waals surface area contributed by atoms with Crippen molar-refractivity contribution in [2.45, 2.75) is 11.8 Å². The lowest BCUT2D eigenvalue weighted by Gasteiger charge is -2.26. The lowest BCUT2D eigenvalue weighted by Crippen LogP contribution is -2.40. The first-order valence-electron chi connectivity index (χ1n) is 7.99. The van der Waals surface area contributed by atoms with Crippen LogP contribution < -0.4 is 10.1 Å². The van der Waals surface area contributed by atoms with Crippen LogP contribution >= 0.6 is 0 Å². The van der Waals surface area contributed by atoms with Crippen molar-refractivity contribution in [3.63, 3.8) is 0 Å². The average molecular weight is 381 g/mol. The molecule has 0 saturated carbocycles. The lowest BCUT2D eigenvalue weighted by molar-refractivity contribution is -0.118. The maximum atomic E-state index is 12.5. The second kappa shape index (κ2) is 7.85. The monoisotopic (exact) mass is 381 g/mol. The lowest BCUT2D eigenvalue weighted by atomic mass is 10.3. The van der Waals surface area contributed by atoms with E-state index in [9.17, 15) is 13.2 Å². The van der Waals surface area contributed by atoms with Gasteiger partial charge in [0.15, 0.2) is 12.4 Å². The Morgan fingerprint density at radius 3 is 2.58 bits per heavy atom. The molecule has 3 rings (SSSR count). The van der Waals surface area contributed by atoms with E-state index in [1.165, 1.54) is 28.6 Å². The zero-order chi connectivity index (χ0) is 18.6. The number of aromatic nitrogens is 1. The first-order chi connectivity index (χ1) is 12.4. The minimum Gasteiger partial charge on any atom is -0.484 e. The number of rotatable bonds is 6. The Balaban J connectivity index is 1.56. The predicted molar refractivity (Wildman–Crippen MR) is 91.4 cm³/mol. The molecule has 2 heterocycles. The van der Waals surface area contributed by atoms with Crippen LogP contribution in [0.2, 0.25) is 0 Å². The number of aryl methyl sites for hydroxylation is 1. The largest absolute Gasteiger partial charge is 0.484 e. The molecule has 0 spiro atoms. The van der Waals surface area contributed by atoms with Gasteiger partial charge >= 0.3 is 0 Å². The Labute approximate surface area is 150 Å². The van der Waals surface area contributed by atoms with E-state index in [1.54, 1.807) is 13.0 Å². The summed E-state index contributed by atoms with van der Waals surface area (Å²) in [6.45, 7) is 2.93. The second-order valence-electron chi connectivity index (χ2n) is 5.65. The van der Waals surface area contributed by atoms with E-state index < -0.39 is 15.9 Å². The highest BCUT2D eigenvalue weighted by Crippen LogP contribution is 2.20. The fourth-order valence-electron chi connectivity index (χ4n) is 2.40. The fourth-order valence-corrected chi connectivity index (χ4v) is 3.80. The molecule has 0 aliphatic carbocycles. The molecule has 9 nitrogen and oxygen atoms in total. The molecular weight excluding hydrogens is 362 g/mol. The van der Waals surface area contributed by atoms with E-state index in [1.807, 2.05) is 0 Å². The van der Waals surface area contributed by atoms with E-state index in [0.29, 0.717) is 43.6 Å². The molecule has 0 unspecified atom stereocenters. The quantitative estimate of drug-likeness (QED) is 0.795. The van der Waals surface area contributed by atoms with Gasteiger partial charge in [0.1, 0.15) is 11.5 Å². The summed E-state index contributed by atoms with van der Waals surface area (Å²) >= 11 is 0. The van der Waals surface area contributed by atoms with Crippen molar-refractivity contribution in [2.24, 2.45) is 0 Å². The van der Waals surface area contributed by atoms with Crippen LogP contribution in [0.15, 0.2) is 39.8 Å². The fraction of sp³-hybridized carbons (Fsp3) is 0.375. The number of hydrogen-bond donors (Lipinski definition) is 1. The average Bonchev–Trinajstić information content (AvgIpc) is 3.06. The highest BCUT2D eigenvalue weighted by atomic mass is 32.2. The summed E-state index contributed by atoms with van der Waals surface area (Å²) in [6.07, 6.45) is 0. The molecule has 26 heavy (non-hydrogen) atoms. The maximum absolute atomic E-state index is 12.5. The van der Waals surface area contributed by atoms with Crippen LogP contribution in [-0.2, 0) is 19.6 Å². The number of ether oxygens (including phenoxy) is 2. The third-order valence-electron chi connectivity index (χ3n) is 3.70. The van der Waals surface area contributed by atoms with Crippen LogP contribution in [0.3, 0.4) is 0 Å². The van der Waals surface area contributed by atoms with Crippen molar-refractivity contribution in [2.75, 3.05) is 38.2 Å². The number of carbonyl (C=O) groups excluding carboxylic acids is 1. The summed E-state index contributed by atoms with van der Waals surface area (Å²) in [5.41, 5.74) is 0. The number of anilines is 1. The Hall–Kier alpha value is -2.43. The van der Waals surface area contributed by atoms with E-state index in [4.69, 9.17) is 14.0 Å². The summed E-state index contributed by atoms with van der Waals surface area (Å²) in [5.74, 6) is 0.877. The Morgan fingerprint density at radius 2 is 1.96 bits per heavy atom. The molecule has 1 aromatic carbocycles. The van der Waals surface area contributed by atoms with Gasteiger partial charge in [-0.1, -0.05) is 5.16 Å². The third kappa shape index (κ3) is 4.40. The van der Waals surface area contributed by atoms with E-state index in [0.717, 1.165) is 0 Å². The topological polar surface area (TPSA) is 111 Å². The SMILES string of the molecule is Cc1cc(NC(=O)COc2ccc(S(=O)(=O)N3CCOCC3)cc2)no1. The van der Waals surface area contributed by atoms with Gasteiger partial charge in [-0.05, 0) is 31.2 Å². The van der Waals surface area contributed by atoms with Gasteiger partial charge in [-0.25, -0.2) is 8.42 Å². The maximum Gasteiger partial charge on any atom is 0.263 e. The number of carbonyl (C=O) groups is 1. The molecule has 1 saturated heterocycles. The predicted octanol–water partition coefficient (Wildman–Crippen LogP) is 1.02. The number of nitrogens with zero attached hydrogens (tertiary/aromatic N) is 2. The second-order valence-corrected chi connectivity index (χ2v) is 7.59. The Bertz CT molecular complexity index is 856. The molecule has 1 aromatic heterocycles. The minimum atomic E-state index is -3.55. The molecule has 140 valence electrons. The van der Waals surface area contributed by atoms with Gasteiger partial charge in [0.2, 0.25) is 10.0 Å². The molecular formula is C16H19N3O6S. The zero-order valence-electron chi connectivity index (χ0n) is 14.2.